The van der Waals surface area contributed by atoms with Crippen molar-refractivity contribution in [2.75, 3.05) is 7.11 Å². The summed E-state index contributed by atoms with van der Waals surface area (Å²) in [5.41, 5.74) is 2.21. The number of hydrogen-bond donors (Lipinski definition) is 2. The van der Waals surface area contributed by atoms with Crippen molar-refractivity contribution >= 4 is 22.8 Å². The van der Waals surface area contributed by atoms with Crippen LogP contribution in [0.4, 0.5) is 0 Å². The maximum atomic E-state index is 11.3. The first-order valence-electron chi connectivity index (χ1n) is 5.40. The van der Waals surface area contributed by atoms with Gasteiger partial charge in [0.25, 0.3) is 0 Å². The number of ether oxygens (including phenoxy) is 1. The first-order valence-corrected chi connectivity index (χ1v) is 5.40. The molecule has 6 nitrogen and oxygen atoms in total. The summed E-state index contributed by atoms with van der Waals surface area (Å²) in [6.45, 7) is 1.71. The van der Waals surface area contributed by atoms with Gasteiger partial charge in [-0.1, -0.05) is 0 Å². The summed E-state index contributed by atoms with van der Waals surface area (Å²) in [6.07, 6.45) is 0. The van der Waals surface area contributed by atoms with E-state index in [1.54, 1.807) is 36.6 Å². The number of aryl methyl sites for hydroxylation is 1. The summed E-state index contributed by atoms with van der Waals surface area (Å²) in [7, 11) is 1.57. The van der Waals surface area contributed by atoms with Crippen LogP contribution in [0, 0.1) is 6.92 Å². The topological polar surface area (TPSA) is 79.6 Å². The molecule has 0 unspecified atom stereocenters. The Morgan fingerprint density at radius 2 is 2.28 bits per heavy atom. The highest BCUT2D eigenvalue weighted by atomic mass is 16.5. The van der Waals surface area contributed by atoms with Crippen molar-refractivity contribution in [3.05, 3.63) is 29.6 Å². The Hall–Kier alpha value is -2.50. The Morgan fingerprint density at radius 1 is 1.50 bits per heavy atom. The van der Waals surface area contributed by atoms with Crippen molar-refractivity contribution in [3.8, 4) is 5.75 Å². The molecule has 0 aliphatic rings. The summed E-state index contributed by atoms with van der Waals surface area (Å²) in [6, 6.07) is 5.37. The summed E-state index contributed by atoms with van der Waals surface area (Å²) in [4.78, 5) is 18.6. The highest BCUT2D eigenvalue weighted by molar-refractivity contribution is 5.92. The number of benzene rings is 1. The Balaban J connectivity index is 2.47. The number of nitrogens with zero attached hydrogens (tertiary/aromatic N) is 2. The second-order valence-corrected chi connectivity index (χ2v) is 4.03. The molecule has 0 atom stereocenters. The maximum absolute atomic E-state index is 11.3. The van der Waals surface area contributed by atoms with Gasteiger partial charge in [0.1, 0.15) is 5.75 Å². The first-order chi connectivity index (χ1) is 8.61. The molecular formula is C12H11N3O3. The number of carbonyl (C=O) groups is 1. The largest absolute Gasteiger partial charge is 0.497 e. The number of H-pyrrole nitrogens is 1. The third-order valence-corrected chi connectivity index (χ3v) is 2.94. The summed E-state index contributed by atoms with van der Waals surface area (Å²) >= 11 is 0. The Bertz CT molecular complexity index is 770. The molecule has 1 aromatic carbocycles. The van der Waals surface area contributed by atoms with Crippen LogP contribution in [0.3, 0.4) is 0 Å². The molecule has 0 amide bonds. The summed E-state index contributed by atoms with van der Waals surface area (Å²) in [5.74, 6) is 0.202. The van der Waals surface area contributed by atoms with Crippen molar-refractivity contribution in [3.63, 3.8) is 0 Å². The molecule has 6 heteroatoms. The number of imidazole rings is 2. The molecule has 0 aliphatic carbocycles. The van der Waals surface area contributed by atoms with E-state index >= 15 is 0 Å². The predicted octanol–water partition coefficient (Wildman–Crippen LogP) is 1.83. The van der Waals surface area contributed by atoms with Crippen molar-refractivity contribution < 1.29 is 14.6 Å². The zero-order valence-electron chi connectivity index (χ0n) is 9.89. The second kappa shape index (κ2) is 3.49. The fourth-order valence-electron chi connectivity index (χ4n) is 2.14. The van der Waals surface area contributed by atoms with Gasteiger partial charge in [-0.2, -0.15) is 0 Å². The average molecular weight is 245 g/mol. The number of carboxylic acids is 1. The van der Waals surface area contributed by atoms with E-state index in [0.29, 0.717) is 22.7 Å². The van der Waals surface area contributed by atoms with E-state index in [1.807, 2.05) is 0 Å². The van der Waals surface area contributed by atoms with Crippen molar-refractivity contribution in [2.45, 2.75) is 6.92 Å². The van der Waals surface area contributed by atoms with Crippen molar-refractivity contribution in [1.29, 1.82) is 0 Å². The van der Waals surface area contributed by atoms with Crippen LogP contribution in [-0.4, -0.2) is 32.6 Å². The van der Waals surface area contributed by atoms with Crippen LogP contribution in [0.5, 0.6) is 5.75 Å². The van der Waals surface area contributed by atoms with E-state index in [1.165, 1.54) is 0 Å². The third kappa shape index (κ3) is 1.29. The number of aromatic amines is 1. The Kier molecular flexibility index (Phi) is 2.07. The van der Waals surface area contributed by atoms with Crippen molar-refractivity contribution in [1.82, 2.24) is 14.4 Å². The van der Waals surface area contributed by atoms with Crippen LogP contribution in [-0.2, 0) is 0 Å². The van der Waals surface area contributed by atoms with Gasteiger partial charge < -0.3 is 14.8 Å². The van der Waals surface area contributed by atoms with E-state index in [4.69, 9.17) is 4.74 Å². The van der Waals surface area contributed by atoms with Crippen LogP contribution in [0.15, 0.2) is 18.2 Å². The van der Waals surface area contributed by atoms with Crippen LogP contribution < -0.4 is 4.74 Å². The van der Waals surface area contributed by atoms with E-state index in [0.717, 1.165) is 5.52 Å². The van der Waals surface area contributed by atoms with Crippen LogP contribution in [0.25, 0.3) is 16.8 Å². The molecule has 0 saturated heterocycles. The minimum atomic E-state index is -0.985. The monoisotopic (exact) mass is 245 g/mol. The van der Waals surface area contributed by atoms with Gasteiger partial charge in [-0.15, -0.1) is 0 Å². The van der Waals surface area contributed by atoms with E-state index in [-0.39, 0.29) is 5.69 Å². The van der Waals surface area contributed by atoms with Gasteiger partial charge in [-0.3, -0.25) is 4.40 Å². The van der Waals surface area contributed by atoms with E-state index < -0.39 is 5.97 Å². The fraction of sp³-hybridized carbons (Fsp3) is 0.167. The third-order valence-electron chi connectivity index (χ3n) is 2.94. The Labute approximate surface area is 102 Å². The average Bonchev–Trinajstić information content (AvgIpc) is 2.82. The van der Waals surface area contributed by atoms with Crippen LogP contribution in [0.1, 0.15) is 16.2 Å². The predicted molar refractivity (Wildman–Crippen MR) is 65.3 cm³/mol. The zero-order chi connectivity index (χ0) is 12.9. The summed E-state index contributed by atoms with van der Waals surface area (Å²) < 4.78 is 6.74. The highest BCUT2D eigenvalue weighted by Gasteiger charge is 2.18. The van der Waals surface area contributed by atoms with Crippen molar-refractivity contribution in [2.24, 2.45) is 0 Å². The SMILES string of the molecule is COc1ccc2nc3[nH]c(C)c(C(=O)O)n3c2c1. The number of aromatic carboxylic acids is 1. The van der Waals surface area contributed by atoms with Gasteiger partial charge in [0.2, 0.25) is 5.78 Å². The highest BCUT2D eigenvalue weighted by Crippen LogP contribution is 2.24. The molecule has 2 N–H and O–H groups in total. The second-order valence-electron chi connectivity index (χ2n) is 4.03. The molecule has 0 spiro atoms. The van der Waals surface area contributed by atoms with E-state index in [9.17, 15) is 9.90 Å². The lowest BCUT2D eigenvalue weighted by molar-refractivity contribution is 0.0689. The molecule has 0 bridgehead atoms. The number of aromatic nitrogens is 3. The lowest BCUT2D eigenvalue weighted by atomic mass is 10.3. The molecule has 0 aliphatic heterocycles. The standard InChI is InChI=1S/C12H11N3O3/c1-6-10(11(16)17)15-9-5-7(18-2)3-4-8(9)14-12(15)13-6/h3-5H,1-2H3,(H,13,14)(H,16,17). The molecular weight excluding hydrogens is 234 g/mol. The number of fused-ring (bicyclic) bond motifs is 3. The number of methoxy groups -OCH3 is 1. The number of rotatable bonds is 2. The molecule has 2 aromatic heterocycles. The lowest BCUT2D eigenvalue weighted by Crippen LogP contribution is -2.03. The minimum absolute atomic E-state index is 0.195. The fourth-order valence-corrected chi connectivity index (χ4v) is 2.14. The number of hydrogen-bond acceptors (Lipinski definition) is 3. The maximum Gasteiger partial charge on any atom is 0.354 e. The molecule has 3 rings (SSSR count). The van der Waals surface area contributed by atoms with Gasteiger partial charge in [-0.25, -0.2) is 9.78 Å². The van der Waals surface area contributed by atoms with Crippen LogP contribution in [0.2, 0.25) is 0 Å². The van der Waals surface area contributed by atoms with Gasteiger partial charge >= 0.3 is 5.97 Å². The minimum Gasteiger partial charge on any atom is -0.497 e. The summed E-state index contributed by atoms with van der Waals surface area (Å²) in [5, 5.41) is 9.26. The van der Waals surface area contributed by atoms with Gasteiger partial charge in [0, 0.05) is 11.8 Å². The molecule has 2 heterocycles. The molecule has 0 saturated carbocycles. The van der Waals surface area contributed by atoms with Gasteiger partial charge in [-0.05, 0) is 19.1 Å². The molecule has 92 valence electrons. The normalized spacial score (nSPS) is 11.2. The number of nitrogens with one attached hydrogen (secondary N) is 1. The first kappa shape index (κ1) is 10.6. The van der Waals surface area contributed by atoms with Gasteiger partial charge in [0.15, 0.2) is 5.69 Å². The quantitative estimate of drug-likeness (QED) is 0.721. The zero-order valence-corrected chi connectivity index (χ0v) is 9.89. The van der Waals surface area contributed by atoms with E-state index in [2.05, 4.69) is 9.97 Å². The van der Waals surface area contributed by atoms with Crippen LogP contribution >= 0.6 is 0 Å². The molecule has 3 aromatic rings. The molecule has 18 heavy (non-hydrogen) atoms. The molecule has 0 fully saturated rings. The Morgan fingerprint density at radius 3 is 2.94 bits per heavy atom. The lowest BCUT2D eigenvalue weighted by Gasteiger charge is -2.00. The number of carboxylic acid groups (broad SMARTS) is 1. The van der Waals surface area contributed by atoms with Gasteiger partial charge in [0.05, 0.1) is 18.1 Å². The molecule has 0 radical (unpaired) electrons. The smallest absolute Gasteiger partial charge is 0.354 e.